The highest BCUT2D eigenvalue weighted by atomic mass is 32.2. The van der Waals surface area contributed by atoms with Gasteiger partial charge in [0, 0.05) is 37.6 Å². The van der Waals surface area contributed by atoms with Crippen molar-refractivity contribution in [3.05, 3.63) is 75.0 Å². The molecule has 0 unspecified atom stereocenters. The Kier molecular flexibility index (Phi) is 5.48. The van der Waals surface area contributed by atoms with Crippen LogP contribution in [-0.2, 0) is 37.2 Å². The summed E-state index contributed by atoms with van der Waals surface area (Å²) in [5.41, 5.74) is -0.578. The van der Waals surface area contributed by atoms with Gasteiger partial charge in [-0.25, -0.2) is 22.3 Å². The van der Waals surface area contributed by atoms with Gasteiger partial charge in [-0.1, -0.05) is 0 Å². The first-order valence-corrected chi connectivity index (χ1v) is 12.4. The van der Waals surface area contributed by atoms with Crippen LogP contribution in [-0.4, -0.2) is 49.3 Å². The summed E-state index contributed by atoms with van der Waals surface area (Å²) < 4.78 is 47.3. The minimum atomic E-state index is -4.07. The highest BCUT2D eigenvalue weighted by Crippen LogP contribution is 2.37. The van der Waals surface area contributed by atoms with Crippen LogP contribution in [0.15, 0.2) is 57.5 Å². The minimum Gasteiger partial charge on any atom is -0.289 e. The van der Waals surface area contributed by atoms with Gasteiger partial charge in [0.15, 0.2) is 0 Å². The molecule has 0 saturated heterocycles. The van der Waals surface area contributed by atoms with Gasteiger partial charge in [-0.05, 0) is 31.0 Å². The summed E-state index contributed by atoms with van der Waals surface area (Å²) in [5.74, 6) is 0. The molecular weight excluding hydrogens is 477 g/mol. The molecule has 1 aliphatic rings. The summed E-state index contributed by atoms with van der Waals surface area (Å²) in [6.45, 7) is -0.705. The molecule has 0 atom stereocenters. The highest BCUT2D eigenvalue weighted by molar-refractivity contribution is 7.89. The molecule has 0 radical (unpaired) electrons. The quantitative estimate of drug-likeness (QED) is 0.375. The SMILES string of the molecule is Cn1cc(Cn2c(=O)c3cc(S(=O)(=O)NC4(CF)CC4)ccc3n(Cc3cnn(C)c3)c2=O)cn1. The molecule has 4 aromatic rings. The van der Waals surface area contributed by atoms with Gasteiger partial charge in [-0.15, -0.1) is 0 Å². The average Bonchev–Trinajstić information content (AvgIpc) is 3.26. The van der Waals surface area contributed by atoms with E-state index in [1.807, 2.05) is 0 Å². The van der Waals surface area contributed by atoms with Gasteiger partial charge < -0.3 is 0 Å². The third-order valence-electron chi connectivity index (χ3n) is 6.16. The molecule has 1 saturated carbocycles. The lowest BCUT2D eigenvalue weighted by atomic mass is 10.2. The van der Waals surface area contributed by atoms with Crippen LogP contribution in [0, 0.1) is 0 Å². The van der Waals surface area contributed by atoms with Crippen molar-refractivity contribution in [2.24, 2.45) is 14.1 Å². The first-order chi connectivity index (χ1) is 16.6. The fraction of sp³-hybridized carbons (Fsp3) is 0.364. The van der Waals surface area contributed by atoms with E-state index >= 15 is 0 Å². The van der Waals surface area contributed by atoms with Gasteiger partial charge in [0.25, 0.3) is 5.56 Å². The number of hydrogen-bond acceptors (Lipinski definition) is 6. The summed E-state index contributed by atoms with van der Waals surface area (Å²) in [6.07, 6.45) is 7.45. The first kappa shape index (κ1) is 23.2. The Morgan fingerprint density at radius 1 is 1.00 bits per heavy atom. The van der Waals surface area contributed by atoms with Gasteiger partial charge in [0.05, 0.1) is 46.8 Å². The Labute approximate surface area is 199 Å². The van der Waals surface area contributed by atoms with Crippen molar-refractivity contribution in [3.8, 4) is 0 Å². The van der Waals surface area contributed by atoms with Gasteiger partial charge in [0.2, 0.25) is 10.0 Å². The monoisotopic (exact) mass is 501 g/mol. The molecule has 0 amide bonds. The lowest BCUT2D eigenvalue weighted by Crippen LogP contribution is -2.41. The highest BCUT2D eigenvalue weighted by Gasteiger charge is 2.46. The van der Waals surface area contributed by atoms with E-state index in [1.54, 1.807) is 48.2 Å². The Bertz CT molecular complexity index is 1660. The molecule has 35 heavy (non-hydrogen) atoms. The van der Waals surface area contributed by atoms with Crippen molar-refractivity contribution in [2.45, 2.75) is 36.4 Å². The standard InChI is InChI=1S/C22H24FN7O4S/c1-27-10-15(8-24-27)12-29-19-4-3-17(35(33,34)26-22(14-23)5-6-22)7-18(19)20(31)30(21(29)32)13-16-9-25-28(2)11-16/h3-4,7-11,26H,5-6,12-14H2,1-2H3. The third-order valence-corrected chi connectivity index (χ3v) is 7.74. The number of nitrogens with one attached hydrogen (secondary N) is 1. The third kappa shape index (κ3) is 4.32. The Hall–Kier alpha value is -3.58. The van der Waals surface area contributed by atoms with Gasteiger partial charge in [-0.3, -0.25) is 23.3 Å². The lowest BCUT2D eigenvalue weighted by molar-refractivity contribution is 0.393. The van der Waals surface area contributed by atoms with Crippen molar-refractivity contribution in [1.82, 2.24) is 33.4 Å². The van der Waals surface area contributed by atoms with E-state index in [0.717, 1.165) is 10.1 Å². The van der Waals surface area contributed by atoms with Crippen molar-refractivity contribution in [2.75, 3.05) is 6.67 Å². The fourth-order valence-electron chi connectivity index (χ4n) is 4.09. The van der Waals surface area contributed by atoms with Gasteiger partial charge in [-0.2, -0.15) is 10.2 Å². The van der Waals surface area contributed by atoms with Gasteiger partial charge >= 0.3 is 5.69 Å². The van der Waals surface area contributed by atoms with E-state index in [-0.39, 0.29) is 28.9 Å². The number of benzene rings is 1. The number of fused-ring (bicyclic) bond motifs is 1. The lowest BCUT2D eigenvalue weighted by Gasteiger charge is -2.16. The molecule has 1 fully saturated rings. The number of hydrogen-bond donors (Lipinski definition) is 1. The van der Waals surface area contributed by atoms with Crippen LogP contribution in [0.4, 0.5) is 4.39 Å². The van der Waals surface area contributed by atoms with Crippen LogP contribution >= 0.6 is 0 Å². The summed E-state index contributed by atoms with van der Waals surface area (Å²) in [7, 11) is -0.599. The maximum atomic E-state index is 13.4. The molecule has 1 N–H and O–H groups in total. The van der Waals surface area contributed by atoms with E-state index in [4.69, 9.17) is 0 Å². The molecule has 11 nitrogen and oxygen atoms in total. The van der Waals surface area contributed by atoms with Crippen LogP contribution in [0.25, 0.3) is 10.9 Å². The topological polar surface area (TPSA) is 126 Å². The molecule has 0 bridgehead atoms. The summed E-state index contributed by atoms with van der Waals surface area (Å²) in [4.78, 5) is 26.7. The van der Waals surface area contributed by atoms with Crippen molar-refractivity contribution < 1.29 is 12.8 Å². The van der Waals surface area contributed by atoms with E-state index < -0.39 is 33.5 Å². The minimum absolute atomic E-state index is 0.0331. The summed E-state index contributed by atoms with van der Waals surface area (Å²) in [5, 5.41) is 8.28. The Morgan fingerprint density at radius 3 is 2.11 bits per heavy atom. The van der Waals surface area contributed by atoms with Gasteiger partial charge in [0.1, 0.15) is 6.67 Å². The molecular formula is C22H24FN7O4S. The van der Waals surface area contributed by atoms with E-state index in [2.05, 4.69) is 14.9 Å². The molecule has 13 heteroatoms. The molecule has 184 valence electrons. The van der Waals surface area contributed by atoms with Crippen molar-refractivity contribution in [1.29, 1.82) is 0 Å². The number of sulfonamides is 1. The van der Waals surface area contributed by atoms with E-state index in [9.17, 15) is 22.4 Å². The average molecular weight is 502 g/mol. The Balaban J connectivity index is 1.68. The number of aryl methyl sites for hydroxylation is 2. The second kappa shape index (κ2) is 8.27. The molecule has 1 aliphatic carbocycles. The van der Waals surface area contributed by atoms with E-state index in [1.165, 1.54) is 22.8 Å². The summed E-state index contributed by atoms with van der Waals surface area (Å²) >= 11 is 0. The molecule has 5 rings (SSSR count). The van der Waals surface area contributed by atoms with Crippen LogP contribution in [0.5, 0.6) is 0 Å². The number of alkyl halides is 1. The van der Waals surface area contributed by atoms with Crippen LogP contribution in [0.2, 0.25) is 0 Å². The molecule has 0 spiro atoms. The maximum absolute atomic E-state index is 13.4. The predicted molar refractivity (Wildman–Crippen MR) is 125 cm³/mol. The number of rotatable bonds is 8. The Morgan fingerprint density at radius 2 is 1.60 bits per heavy atom. The first-order valence-electron chi connectivity index (χ1n) is 10.9. The zero-order chi connectivity index (χ0) is 25.0. The number of halogens is 1. The van der Waals surface area contributed by atoms with E-state index in [0.29, 0.717) is 18.4 Å². The van der Waals surface area contributed by atoms with Crippen LogP contribution < -0.4 is 16.0 Å². The second-order valence-corrected chi connectivity index (χ2v) is 10.7. The zero-order valence-corrected chi connectivity index (χ0v) is 20.0. The summed E-state index contributed by atoms with van der Waals surface area (Å²) in [6, 6.07) is 4.00. The smallest absolute Gasteiger partial charge is 0.289 e. The maximum Gasteiger partial charge on any atom is 0.332 e. The van der Waals surface area contributed by atoms with Crippen LogP contribution in [0.1, 0.15) is 24.0 Å². The largest absolute Gasteiger partial charge is 0.332 e. The molecule has 0 aliphatic heterocycles. The van der Waals surface area contributed by atoms with Crippen molar-refractivity contribution in [3.63, 3.8) is 0 Å². The second-order valence-electron chi connectivity index (χ2n) is 9.00. The number of nitrogens with zero attached hydrogens (tertiary/aromatic N) is 6. The van der Waals surface area contributed by atoms with Crippen molar-refractivity contribution >= 4 is 20.9 Å². The van der Waals surface area contributed by atoms with Crippen LogP contribution in [0.3, 0.4) is 0 Å². The number of aromatic nitrogens is 6. The molecule has 1 aromatic carbocycles. The predicted octanol–water partition coefficient (Wildman–Crippen LogP) is 0.507. The normalized spacial score (nSPS) is 15.1. The fourth-order valence-corrected chi connectivity index (χ4v) is 5.56. The zero-order valence-electron chi connectivity index (χ0n) is 19.2. The molecule has 3 aromatic heterocycles. The molecule has 3 heterocycles.